The second-order valence-corrected chi connectivity index (χ2v) is 9.60. The molecule has 1 aromatic carbocycles. The van der Waals surface area contributed by atoms with Gasteiger partial charge in [-0.05, 0) is 49.6 Å². The molecule has 0 radical (unpaired) electrons. The van der Waals surface area contributed by atoms with Gasteiger partial charge in [-0.15, -0.1) is 0 Å². The molecule has 178 valence electrons. The number of benzene rings is 1. The van der Waals surface area contributed by atoms with E-state index >= 15 is 0 Å². The van der Waals surface area contributed by atoms with Crippen molar-refractivity contribution in [3.63, 3.8) is 0 Å². The van der Waals surface area contributed by atoms with Crippen LogP contribution < -0.4 is 10.1 Å². The molecule has 0 saturated heterocycles. The molecular formula is C22H24N6O4S2. The summed E-state index contributed by atoms with van der Waals surface area (Å²) >= 11 is 0.137. The highest BCUT2D eigenvalue weighted by Crippen LogP contribution is 2.29. The third kappa shape index (κ3) is 5.13. The van der Waals surface area contributed by atoms with Gasteiger partial charge in [-0.25, -0.2) is 14.8 Å². The Kier molecular flexibility index (Phi) is 7.29. The van der Waals surface area contributed by atoms with E-state index in [9.17, 15) is 9.35 Å². The topological polar surface area (TPSA) is 127 Å². The van der Waals surface area contributed by atoms with Crippen LogP contribution in [0.15, 0.2) is 35.5 Å². The lowest BCUT2D eigenvalue weighted by Gasteiger charge is -2.10. The number of carbonyl (C=O) groups is 1. The molecule has 0 saturated carbocycles. The van der Waals surface area contributed by atoms with Crippen LogP contribution in [-0.2, 0) is 29.1 Å². The van der Waals surface area contributed by atoms with E-state index in [2.05, 4.69) is 25.3 Å². The van der Waals surface area contributed by atoms with Crippen molar-refractivity contribution in [3.8, 4) is 5.88 Å². The summed E-state index contributed by atoms with van der Waals surface area (Å²) in [5.41, 5.74) is 2.63. The third-order valence-electron chi connectivity index (χ3n) is 4.88. The van der Waals surface area contributed by atoms with Crippen molar-refractivity contribution in [2.24, 2.45) is 0 Å². The zero-order chi connectivity index (χ0) is 24.2. The number of hydrogen-bond donors (Lipinski definition) is 1. The first kappa shape index (κ1) is 23.9. The third-order valence-corrected chi connectivity index (χ3v) is 6.87. The second kappa shape index (κ2) is 10.4. The second-order valence-electron chi connectivity index (χ2n) is 7.22. The van der Waals surface area contributed by atoms with Gasteiger partial charge in [0.05, 0.1) is 18.6 Å². The average Bonchev–Trinajstić information content (AvgIpc) is 3.40. The summed E-state index contributed by atoms with van der Waals surface area (Å²) in [7, 11) is 0. The van der Waals surface area contributed by atoms with E-state index in [0.29, 0.717) is 45.9 Å². The number of rotatable bonds is 9. The quantitative estimate of drug-likeness (QED) is 0.269. The molecule has 0 aliphatic carbocycles. The molecule has 4 rings (SSSR count). The van der Waals surface area contributed by atoms with Crippen molar-refractivity contribution in [1.82, 2.24) is 24.5 Å². The largest absolute Gasteiger partial charge is 0.612 e. The molecule has 3 aromatic heterocycles. The lowest BCUT2D eigenvalue weighted by molar-refractivity contribution is 0.0531. The molecule has 3 heterocycles. The molecular weight excluding hydrogens is 476 g/mol. The standard InChI is InChI=1S/C22H24N6O4S2/c1-5-28-12-23-16-18(28)25-21(27-22-24-13(3)17(33-22)20(29)31-6-2)26-19(16)32-11-14-7-9-15(10-8-14)34(4)30/h7-10,12H,5-6,11H2,1-4H3,(H,24,25,26,27). The Balaban J connectivity index is 1.61. The van der Waals surface area contributed by atoms with Crippen molar-refractivity contribution in [1.29, 1.82) is 0 Å². The van der Waals surface area contributed by atoms with Crippen LogP contribution in [0.2, 0.25) is 0 Å². The van der Waals surface area contributed by atoms with E-state index in [-0.39, 0.29) is 12.6 Å². The number of aromatic nitrogens is 5. The number of anilines is 2. The lowest BCUT2D eigenvalue weighted by atomic mass is 10.2. The molecule has 4 aromatic rings. The van der Waals surface area contributed by atoms with Gasteiger partial charge in [-0.1, -0.05) is 23.5 Å². The molecule has 0 aliphatic rings. The first-order valence-corrected chi connectivity index (χ1v) is 13.0. The van der Waals surface area contributed by atoms with Gasteiger partial charge in [-0.3, -0.25) is 5.32 Å². The van der Waals surface area contributed by atoms with Crippen LogP contribution in [0.1, 0.15) is 34.8 Å². The normalized spacial score (nSPS) is 12.0. The summed E-state index contributed by atoms with van der Waals surface area (Å²) in [5.74, 6) is 0.188. The molecule has 1 N–H and O–H groups in total. The Bertz CT molecular complexity index is 1300. The maximum absolute atomic E-state index is 12.1. The van der Waals surface area contributed by atoms with Crippen molar-refractivity contribution >= 4 is 50.7 Å². The number of imidazole rings is 1. The fourth-order valence-electron chi connectivity index (χ4n) is 3.17. The number of fused-ring (bicyclic) bond motifs is 1. The van der Waals surface area contributed by atoms with E-state index in [1.165, 1.54) is 11.3 Å². The number of nitrogens with zero attached hydrogens (tertiary/aromatic N) is 5. The van der Waals surface area contributed by atoms with Gasteiger partial charge >= 0.3 is 5.97 Å². The number of carbonyl (C=O) groups excluding carboxylic acids is 1. The van der Waals surface area contributed by atoms with Gasteiger partial charge in [0, 0.05) is 6.54 Å². The van der Waals surface area contributed by atoms with Crippen molar-refractivity contribution in [2.45, 2.75) is 38.8 Å². The van der Waals surface area contributed by atoms with E-state index in [4.69, 9.17) is 9.47 Å². The summed E-state index contributed by atoms with van der Waals surface area (Å²) in [6, 6.07) is 7.37. The molecule has 12 heteroatoms. The number of esters is 1. The van der Waals surface area contributed by atoms with Crippen LogP contribution in [0, 0.1) is 6.92 Å². The minimum atomic E-state index is -1.04. The summed E-state index contributed by atoms with van der Waals surface area (Å²) in [6.07, 6.45) is 3.33. The molecule has 0 fully saturated rings. The Morgan fingerprint density at radius 2 is 1.97 bits per heavy atom. The fraction of sp³-hybridized carbons (Fsp3) is 0.318. The van der Waals surface area contributed by atoms with Crippen molar-refractivity contribution in [2.75, 3.05) is 18.2 Å². The molecule has 1 atom stereocenters. The monoisotopic (exact) mass is 500 g/mol. The molecule has 1 unspecified atom stereocenters. The summed E-state index contributed by atoms with van der Waals surface area (Å²) < 4.78 is 24.6. The highest BCUT2D eigenvalue weighted by molar-refractivity contribution is 7.90. The van der Waals surface area contributed by atoms with Gasteiger partial charge in [0.1, 0.15) is 17.7 Å². The molecule has 0 amide bonds. The SMILES string of the molecule is CCOC(=O)c1sc(Nc2nc(OCc3ccc([S+](C)[O-])cc3)c3ncn(CC)c3n2)nc1C. The van der Waals surface area contributed by atoms with Crippen LogP contribution in [0.4, 0.5) is 11.1 Å². The van der Waals surface area contributed by atoms with Crippen molar-refractivity contribution in [3.05, 3.63) is 46.7 Å². The van der Waals surface area contributed by atoms with Gasteiger partial charge < -0.3 is 18.6 Å². The number of aryl methyl sites for hydroxylation is 2. The first-order chi connectivity index (χ1) is 16.4. The Morgan fingerprint density at radius 1 is 1.21 bits per heavy atom. The maximum atomic E-state index is 12.1. The predicted molar refractivity (Wildman–Crippen MR) is 130 cm³/mol. The Morgan fingerprint density at radius 3 is 2.65 bits per heavy atom. The summed E-state index contributed by atoms with van der Waals surface area (Å²) in [4.78, 5) is 31.2. The van der Waals surface area contributed by atoms with E-state index in [1.54, 1.807) is 26.4 Å². The minimum Gasteiger partial charge on any atom is -0.612 e. The average molecular weight is 501 g/mol. The van der Waals surface area contributed by atoms with Crippen LogP contribution in [0.25, 0.3) is 11.2 Å². The summed E-state index contributed by atoms with van der Waals surface area (Å²) in [6.45, 7) is 6.72. The Labute approximate surface area is 203 Å². The van der Waals surface area contributed by atoms with E-state index < -0.39 is 17.1 Å². The molecule has 0 spiro atoms. The van der Waals surface area contributed by atoms with Gasteiger partial charge in [0.15, 0.2) is 21.2 Å². The number of hydrogen-bond acceptors (Lipinski definition) is 10. The first-order valence-electron chi connectivity index (χ1n) is 10.6. The zero-order valence-corrected chi connectivity index (χ0v) is 20.8. The van der Waals surface area contributed by atoms with E-state index in [1.807, 2.05) is 35.8 Å². The smallest absolute Gasteiger partial charge is 0.350 e. The van der Waals surface area contributed by atoms with Gasteiger partial charge in [0.2, 0.25) is 11.8 Å². The Hall–Kier alpha value is -3.22. The predicted octanol–water partition coefficient (Wildman–Crippen LogP) is 3.85. The van der Waals surface area contributed by atoms with Gasteiger partial charge in [0.25, 0.3) is 0 Å². The maximum Gasteiger partial charge on any atom is 0.350 e. The molecule has 0 aliphatic heterocycles. The summed E-state index contributed by atoms with van der Waals surface area (Å²) in [5, 5.41) is 3.55. The molecule has 0 bridgehead atoms. The highest BCUT2D eigenvalue weighted by atomic mass is 32.2. The fourth-order valence-corrected chi connectivity index (χ4v) is 4.54. The van der Waals surface area contributed by atoms with Crippen LogP contribution in [0.5, 0.6) is 5.88 Å². The van der Waals surface area contributed by atoms with Gasteiger partial charge in [-0.2, -0.15) is 9.97 Å². The molecule has 34 heavy (non-hydrogen) atoms. The lowest BCUT2D eigenvalue weighted by Crippen LogP contribution is -2.05. The van der Waals surface area contributed by atoms with Crippen LogP contribution in [0.3, 0.4) is 0 Å². The molecule has 10 nitrogen and oxygen atoms in total. The minimum absolute atomic E-state index is 0.254. The van der Waals surface area contributed by atoms with E-state index in [0.717, 1.165) is 10.5 Å². The number of nitrogens with one attached hydrogen (secondary N) is 1. The van der Waals surface area contributed by atoms with Crippen LogP contribution in [-0.4, -0.2) is 47.9 Å². The number of ether oxygens (including phenoxy) is 2. The zero-order valence-electron chi connectivity index (χ0n) is 19.2. The highest BCUT2D eigenvalue weighted by Gasteiger charge is 2.19. The van der Waals surface area contributed by atoms with Crippen LogP contribution >= 0.6 is 11.3 Å². The number of thiazole rings is 1. The van der Waals surface area contributed by atoms with Crippen molar-refractivity contribution < 1.29 is 18.8 Å².